The Balaban J connectivity index is 2.07. The highest BCUT2D eigenvalue weighted by Gasteiger charge is 2.24. The third kappa shape index (κ3) is 3.27. The Bertz CT molecular complexity index is 429. The number of anilines is 1. The van der Waals surface area contributed by atoms with Crippen LogP contribution in [-0.4, -0.2) is 9.46 Å². The van der Waals surface area contributed by atoms with Crippen LogP contribution >= 0.6 is 11.6 Å². The maximum atomic E-state index is 12.4. The van der Waals surface area contributed by atoms with Gasteiger partial charge in [-0.15, -0.1) is 0 Å². The van der Waals surface area contributed by atoms with Crippen LogP contribution in [0.3, 0.4) is 0 Å². The van der Waals surface area contributed by atoms with Gasteiger partial charge in [0.2, 0.25) is 0 Å². The van der Waals surface area contributed by atoms with Gasteiger partial charge < -0.3 is 5.73 Å². The van der Waals surface area contributed by atoms with Crippen molar-refractivity contribution in [3.05, 3.63) is 28.8 Å². The van der Waals surface area contributed by atoms with Crippen LogP contribution in [0.15, 0.2) is 18.2 Å². The lowest BCUT2D eigenvalue weighted by Gasteiger charge is -2.26. The predicted octanol–water partition coefficient (Wildman–Crippen LogP) is 3.75. The SMILES string of the molecule is CC1CCCC(S(=O)Cc2c(N)cccc2Cl)C1. The summed E-state index contributed by atoms with van der Waals surface area (Å²) in [5.41, 5.74) is 7.40. The van der Waals surface area contributed by atoms with Gasteiger partial charge in [0.1, 0.15) is 0 Å². The van der Waals surface area contributed by atoms with Gasteiger partial charge in [-0.1, -0.05) is 37.4 Å². The Kier molecular flexibility index (Phi) is 4.68. The summed E-state index contributed by atoms with van der Waals surface area (Å²) in [7, 11) is -0.863. The molecule has 0 heterocycles. The molecular weight excluding hydrogens is 266 g/mol. The monoisotopic (exact) mass is 285 g/mol. The summed E-state index contributed by atoms with van der Waals surface area (Å²) in [6.07, 6.45) is 4.59. The Hall–Kier alpha value is -0.540. The maximum absolute atomic E-state index is 12.4. The molecule has 1 aromatic rings. The van der Waals surface area contributed by atoms with E-state index in [1.165, 1.54) is 12.8 Å². The number of halogens is 1. The van der Waals surface area contributed by atoms with Gasteiger partial charge in [0, 0.05) is 32.3 Å². The first-order valence-electron chi connectivity index (χ1n) is 6.48. The third-order valence-electron chi connectivity index (χ3n) is 3.70. The molecule has 3 unspecified atom stereocenters. The lowest BCUT2D eigenvalue weighted by atomic mass is 9.91. The zero-order valence-electron chi connectivity index (χ0n) is 10.7. The van der Waals surface area contributed by atoms with E-state index in [4.69, 9.17) is 17.3 Å². The maximum Gasteiger partial charge on any atom is 0.0523 e. The van der Waals surface area contributed by atoms with Crippen LogP contribution < -0.4 is 5.73 Å². The van der Waals surface area contributed by atoms with Gasteiger partial charge in [-0.05, 0) is 30.9 Å². The molecular formula is C14H20ClNOS. The molecule has 1 saturated carbocycles. The standard InChI is InChI=1S/C14H20ClNOS/c1-10-4-2-5-11(8-10)18(17)9-12-13(15)6-3-7-14(12)16/h3,6-7,10-11H,2,4-5,8-9,16H2,1H3. The molecule has 0 saturated heterocycles. The van der Waals surface area contributed by atoms with Crippen molar-refractivity contribution in [2.45, 2.75) is 43.6 Å². The highest BCUT2D eigenvalue weighted by molar-refractivity contribution is 7.84. The molecule has 1 aromatic carbocycles. The number of hydrogen-bond acceptors (Lipinski definition) is 2. The largest absolute Gasteiger partial charge is 0.398 e. The minimum absolute atomic E-state index is 0.310. The first-order chi connectivity index (χ1) is 8.58. The second-order valence-corrected chi connectivity index (χ2v) is 7.35. The second-order valence-electron chi connectivity index (χ2n) is 5.23. The summed E-state index contributed by atoms with van der Waals surface area (Å²) in [6, 6.07) is 5.46. The number of nitrogens with two attached hydrogens (primary N) is 1. The molecule has 1 fully saturated rings. The van der Waals surface area contributed by atoms with Gasteiger partial charge >= 0.3 is 0 Å². The molecule has 3 atom stereocenters. The molecule has 0 radical (unpaired) electrons. The Morgan fingerprint density at radius 3 is 2.89 bits per heavy atom. The highest BCUT2D eigenvalue weighted by atomic mass is 35.5. The van der Waals surface area contributed by atoms with Gasteiger partial charge in [0.05, 0.1) is 5.75 Å². The molecule has 2 nitrogen and oxygen atoms in total. The summed E-state index contributed by atoms with van der Waals surface area (Å²) in [5, 5.41) is 0.941. The molecule has 0 bridgehead atoms. The van der Waals surface area contributed by atoms with Crippen molar-refractivity contribution in [1.29, 1.82) is 0 Å². The minimum atomic E-state index is -0.863. The fraction of sp³-hybridized carbons (Fsp3) is 0.571. The van der Waals surface area contributed by atoms with E-state index in [9.17, 15) is 4.21 Å². The average Bonchev–Trinajstić information content (AvgIpc) is 2.34. The van der Waals surface area contributed by atoms with E-state index in [0.717, 1.165) is 18.4 Å². The van der Waals surface area contributed by atoms with Gasteiger partial charge in [0.25, 0.3) is 0 Å². The summed E-state index contributed by atoms with van der Waals surface area (Å²) in [4.78, 5) is 0. The van der Waals surface area contributed by atoms with Crippen LogP contribution in [0.5, 0.6) is 0 Å². The molecule has 1 aliphatic carbocycles. The fourth-order valence-electron chi connectivity index (χ4n) is 2.60. The van der Waals surface area contributed by atoms with Crippen LogP contribution in [0.4, 0.5) is 5.69 Å². The molecule has 18 heavy (non-hydrogen) atoms. The normalized spacial score (nSPS) is 25.9. The number of benzene rings is 1. The molecule has 0 spiro atoms. The fourth-order valence-corrected chi connectivity index (χ4v) is 4.75. The smallest absolute Gasteiger partial charge is 0.0523 e. The van der Waals surface area contributed by atoms with Crippen molar-refractivity contribution in [2.24, 2.45) is 5.92 Å². The summed E-state index contributed by atoms with van der Waals surface area (Å²) >= 11 is 6.13. The molecule has 0 aliphatic heterocycles. The molecule has 100 valence electrons. The number of hydrogen-bond donors (Lipinski definition) is 1. The van der Waals surface area contributed by atoms with Crippen molar-refractivity contribution < 1.29 is 4.21 Å². The zero-order valence-corrected chi connectivity index (χ0v) is 12.3. The van der Waals surface area contributed by atoms with Crippen LogP contribution in [-0.2, 0) is 16.6 Å². The van der Waals surface area contributed by atoms with Crippen molar-refractivity contribution in [3.63, 3.8) is 0 Å². The lowest BCUT2D eigenvalue weighted by molar-refractivity contribution is 0.389. The van der Waals surface area contributed by atoms with Crippen molar-refractivity contribution in [3.8, 4) is 0 Å². The van der Waals surface area contributed by atoms with Crippen molar-refractivity contribution in [1.82, 2.24) is 0 Å². The summed E-state index contributed by atoms with van der Waals surface area (Å²) in [5.74, 6) is 1.18. The van der Waals surface area contributed by atoms with E-state index in [2.05, 4.69) is 6.92 Å². The first-order valence-corrected chi connectivity index (χ1v) is 8.24. The second kappa shape index (κ2) is 6.07. The molecule has 2 rings (SSSR count). The van der Waals surface area contributed by atoms with Crippen LogP contribution in [0.1, 0.15) is 38.2 Å². The predicted molar refractivity (Wildman–Crippen MR) is 79.1 cm³/mol. The Labute approximate surface area is 116 Å². The van der Waals surface area contributed by atoms with E-state index in [-0.39, 0.29) is 0 Å². The van der Waals surface area contributed by atoms with E-state index < -0.39 is 10.8 Å². The van der Waals surface area contributed by atoms with Crippen molar-refractivity contribution in [2.75, 3.05) is 5.73 Å². The van der Waals surface area contributed by atoms with Gasteiger partial charge in [0.15, 0.2) is 0 Å². The average molecular weight is 286 g/mol. The summed E-state index contributed by atoms with van der Waals surface area (Å²) < 4.78 is 12.4. The van der Waals surface area contributed by atoms with E-state index in [0.29, 0.717) is 27.6 Å². The quantitative estimate of drug-likeness (QED) is 0.860. The van der Waals surface area contributed by atoms with Gasteiger partial charge in [-0.3, -0.25) is 4.21 Å². The first kappa shape index (κ1) is 13.9. The molecule has 1 aliphatic rings. The van der Waals surface area contributed by atoms with Crippen LogP contribution in [0.25, 0.3) is 0 Å². The minimum Gasteiger partial charge on any atom is -0.398 e. The van der Waals surface area contributed by atoms with Crippen LogP contribution in [0.2, 0.25) is 5.02 Å². The molecule has 4 heteroatoms. The van der Waals surface area contributed by atoms with Crippen molar-refractivity contribution >= 4 is 28.1 Å². The number of nitrogen functional groups attached to an aromatic ring is 1. The van der Waals surface area contributed by atoms with E-state index >= 15 is 0 Å². The zero-order chi connectivity index (χ0) is 13.1. The van der Waals surface area contributed by atoms with Gasteiger partial charge in [-0.2, -0.15) is 0 Å². The van der Waals surface area contributed by atoms with E-state index in [1.807, 2.05) is 18.2 Å². The molecule has 2 N–H and O–H groups in total. The molecule has 0 amide bonds. The molecule has 0 aromatic heterocycles. The Morgan fingerprint density at radius 1 is 1.44 bits per heavy atom. The number of rotatable bonds is 3. The topological polar surface area (TPSA) is 43.1 Å². The lowest BCUT2D eigenvalue weighted by Crippen LogP contribution is -2.24. The third-order valence-corrected chi connectivity index (χ3v) is 5.80. The van der Waals surface area contributed by atoms with Crippen LogP contribution in [0, 0.1) is 5.92 Å². The van der Waals surface area contributed by atoms with Gasteiger partial charge in [-0.25, -0.2) is 0 Å². The Morgan fingerprint density at radius 2 is 2.22 bits per heavy atom. The highest BCUT2D eigenvalue weighted by Crippen LogP contribution is 2.30. The van der Waals surface area contributed by atoms with E-state index in [1.54, 1.807) is 0 Å². The summed E-state index contributed by atoms with van der Waals surface area (Å²) in [6.45, 7) is 2.24.